The minimum absolute atomic E-state index is 0.174. The number of fused-ring (bicyclic) bond motifs is 9. The maximum Gasteiger partial charge on any atom is 0.0466 e. The molecule has 0 bridgehead atoms. The first-order valence-electron chi connectivity index (χ1n) is 29.2. The van der Waals surface area contributed by atoms with Crippen LogP contribution in [0.5, 0.6) is 0 Å². The third kappa shape index (κ3) is 9.44. The van der Waals surface area contributed by atoms with Crippen molar-refractivity contribution in [3.05, 3.63) is 283 Å². The lowest BCUT2D eigenvalue weighted by molar-refractivity contribution is 0.660. The molecule has 0 unspecified atom stereocenters. The molecule has 0 heterocycles. The normalized spacial score (nSPS) is 13.7. The third-order valence-electron chi connectivity index (χ3n) is 17.6. The van der Waals surface area contributed by atoms with Crippen molar-refractivity contribution in [2.75, 3.05) is 9.80 Å². The molecular weight excluding hydrogens is 989 g/mol. The predicted octanol–water partition coefficient (Wildman–Crippen LogP) is 22.4. The Hall–Kier alpha value is -8.98. The van der Waals surface area contributed by atoms with E-state index < -0.39 is 0 Å². The average Bonchev–Trinajstić information content (AvgIpc) is 2.69. The van der Waals surface area contributed by atoms with Crippen LogP contribution >= 0.6 is 0 Å². The summed E-state index contributed by atoms with van der Waals surface area (Å²) in [4.78, 5) is 4.88. The van der Waals surface area contributed by atoms with Gasteiger partial charge in [0.1, 0.15) is 0 Å². The Balaban J connectivity index is 0.730. The molecule has 0 amide bonds. The van der Waals surface area contributed by atoms with E-state index in [1.165, 1.54) is 167 Å². The van der Waals surface area contributed by atoms with Crippen LogP contribution in [0, 0.1) is 55.4 Å². The summed E-state index contributed by atoms with van der Waals surface area (Å²) >= 11 is 0. The first kappa shape index (κ1) is 52.4. The second kappa shape index (κ2) is 19.9. The molecule has 0 atom stereocenters. The van der Waals surface area contributed by atoms with E-state index in [1.54, 1.807) is 0 Å². The molecule has 2 nitrogen and oxygen atoms in total. The van der Waals surface area contributed by atoms with Gasteiger partial charge in [-0.25, -0.2) is 0 Å². The van der Waals surface area contributed by atoms with Gasteiger partial charge in [0.2, 0.25) is 0 Å². The number of hydrogen-bond acceptors (Lipinski definition) is 2. The number of anilines is 6. The summed E-state index contributed by atoms with van der Waals surface area (Å²) in [6, 6.07) is 74.0. The lowest BCUT2D eigenvalue weighted by atomic mass is 9.81. The SMILES string of the molecule is Cc1cc(C)cc(N(c2cc(C)cc(C)c2)c2ccc3c(c2)C(C)(C)c2cc(/C=C/c4ccc5c(ccc6cc(/C=C/c7ccc8c(c7)C(C)(C)c7cc(N(c9cc(C)cc(C)c9)c9cc(C)cc(C)c9)ccc7-8)ccc65)c4)ccc2-3)c1. The van der Waals surface area contributed by atoms with E-state index in [0.717, 1.165) is 0 Å². The predicted molar refractivity (Wildman–Crippen MR) is 355 cm³/mol. The third-order valence-corrected chi connectivity index (χ3v) is 17.6. The van der Waals surface area contributed by atoms with Crippen molar-refractivity contribution < 1.29 is 0 Å². The Kier molecular flexibility index (Phi) is 12.7. The van der Waals surface area contributed by atoms with Crippen LogP contribution < -0.4 is 9.80 Å². The van der Waals surface area contributed by atoms with Gasteiger partial charge in [-0.1, -0.05) is 161 Å². The van der Waals surface area contributed by atoms with Crippen molar-refractivity contribution in [2.24, 2.45) is 0 Å². The second-order valence-corrected chi connectivity index (χ2v) is 25.1. The summed E-state index contributed by atoms with van der Waals surface area (Å²) < 4.78 is 0. The van der Waals surface area contributed by atoms with Crippen molar-refractivity contribution in [1.82, 2.24) is 0 Å². The smallest absolute Gasteiger partial charge is 0.0466 e. The zero-order valence-corrected chi connectivity index (χ0v) is 49.7. The molecule has 402 valence electrons. The number of nitrogens with zero attached hydrogens (tertiary/aromatic N) is 2. The molecule has 82 heavy (non-hydrogen) atoms. The Labute approximate surface area is 486 Å². The maximum absolute atomic E-state index is 2.44. The highest BCUT2D eigenvalue weighted by Crippen LogP contribution is 2.53. The van der Waals surface area contributed by atoms with Gasteiger partial charge in [-0.15, -0.1) is 0 Å². The summed E-state index contributed by atoms with van der Waals surface area (Å²) in [5.74, 6) is 0. The van der Waals surface area contributed by atoms with Gasteiger partial charge in [-0.3, -0.25) is 0 Å². The van der Waals surface area contributed by atoms with E-state index in [4.69, 9.17) is 0 Å². The van der Waals surface area contributed by atoms with Gasteiger partial charge < -0.3 is 9.80 Å². The highest BCUT2D eigenvalue weighted by Gasteiger charge is 2.38. The van der Waals surface area contributed by atoms with E-state index in [-0.39, 0.29) is 10.8 Å². The molecule has 0 N–H and O–H groups in total. The van der Waals surface area contributed by atoms with Gasteiger partial charge in [0, 0.05) is 45.0 Å². The molecule has 0 aromatic heterocycles. The molecule has 0 fully saturated rings. The minimum Gasteiger partial charge on any atom is -0.310 e. The largest absolute Gasteiger partial charge is 0.310 e. The molecule has 2 heteroatoms. The average molecular weight is 1060 g/mol. The van der Waals surface area contributed by atoms with Crippen LogP contribution in [0.15, 0.2) is 194 Å². The molecule has 0 saturated heterocycles. The van der Waals surface area contributed by atoms with Crippen molar-refractivity contribution in [2.45, 2.75) is 93.9 Å². The van der Waals surface area contributed by atoms with Gasteiger partial charge in [-0.2, -0.15) is 0 Å². The lowest BCUT2D eigenvalue weighted by Gasteiger charge is -2.29. The standard InChI is InChI=1S/C80H72N2/c1-49-31-50(2)36-65(35-49)81(66-37-51(3)32-52(4)38-66)63-23-29-73-71-27-19-59(45-75(71)79(9,10)77(73)47-63)15-13-57-17-25-69-61(43-57)21-22-62-44-58(18-26-70(62)69)14-16-60-20-28-72-74-30-24-64(48-78(74)80(11,12)76(72)46-60)82(67-39-53(5)33-54(6)40-67)68-41-55(7)34-56(8)42-68/h13-48H,1-12H3/b15-13+,16-14+. The Bertz CT molecular complexity index is 4030. The minimum atomic E-state index is -0.174. The Morgan fingerprint density at radius 2 is 0.500 bits per heavy atom. The number of hydrogen-bond donors (Lipinski definition) is 0. The quantitative estimate of drug-likeness (QED) is 0.0995. The molecule has 0 spiro atoms. The fourth-order valence-electron chi connectivity index (χ4n) is 13.9. The van der Waals surface area contributed by atoms with Crippen LogP contribution in [-0.4, -0.2) is 0 Å². The highest BCUT2D eigenvalue weighted by molar-refractivity contribution is 6.08. The maximum atomic E-state index is 2.44. The molecule has 0 aliphatic heterocycles. The van der Waals surface area contributed by atoms with E-state index in [1.807, 2.05) is 0 Å². The Morgan fingerprint density at radius 1 is 0.244 bits per heavy atom. The lowest BCUT2D eigenvalue weighted by Crippen LogP contribution is -2.17. The van der Waals surface area contributed by atoms with Crippen LogP contribution in [0.1, 0.15) is 117 Å². The van der Waals surface area contributed by atoms with Crippen LogP contribution in [0.25, 0.3) is 68.1 Å². The van der Waals surface area contributed by atoms with E-state index in [0.29, 0.717) is 0 Å². The second-order valence-electron chi connectivity index (χ2n) is 25.1. The van der Waals surface area contributed by atoms with Crippen molar-refractivity contribution in [3.63, 3.8) is 0 Å². The number of rotatable bonds is 10. The fraction of sp³-hybridized carbons (Fsp3) is 0.175. The number of aryl methyl sites for hydroxylation is 8. The molecule has 2 aliphatic rings. The van der Waals surface area contributed by atoms with Gasteiger partial charge >= 0.3 is 0 Å². The van der Waals surface area contributed by atoms with Crippen molar-refractivity contribution in [1.29, 1.82) is 0 Å². The summed E-state index contributed by atoms with van der Waals surface area (Å²) in [6.07, 6.45) is 9.09. The summed E-state index contributed by atoms with van der Waals surface area (Å²) in [6.45, 7) is 27.1. The Morgan fingerprint density at radius 3 is 0.805 bits per heavy atom. The van der Waals surface area contributed by atoms with E-state index in [9.17, 15) is 0 Å². The topological polar surface area (TPSA) is 6.48 Å². The zero-order valence-electron chi connectivity index (χ0n) is 49.7. The highest BCUT2D eigenvalue weighted by atomic mass is 15.1. The van der Waals surface area contributed by atoms with Crippen molar-refractivity contribution >= 4 is 80.0 Å². The summed E-state index contributed by atoms with van der Waals surface area (Å²) in [7, 11) is 0. The molecule has 0 saturated carbocycles. The van der Waals surface area contributed by atoms with E-state index >= 15 is 0 Å². The van der Waals surface area contributed by atoms with Crippen LogP contribution in [0.4, 0.5) is 34.1 Å². The fourth-order valence-corrected chi connectivity index (χ4v) is 13.9. The molecule has 11 aromatic rings. The first-order chi connectivity index (χ1) is 39.3. The van der Waals surface area contributed by atoms with Gasteiger partial charge in [0.05, 0.1) is 0 Å². The zero-order chi connectivity index (χ0) is 56.9. The number of benzene rings is 11. The summed E-state index contributed by atoms with van der Waals surface area (Å²) in [5.41, 5.74) is 32.4. The van der Waals surface area contributed by atoms with Crippen molar-refractivity contribution in [3.8, 4) is 22.3 Å². The van der Waals surface area contributed by atoms with Crippen LogP contribution in [0.2, 0.25) is 0 Å². The van der Waals surface area contributed by atoms with Gasteiger partial charge in [0.15, 0.2) is 0 Å². The molecular formula is C80H72N2. The molecule has 2 aliphatic carbocycles. The molecule has 13 rings (SSSR count). The van der Waals surface area contributed by atoms with E-state index in [2.05, 4.69) is 311 Å². The van der Waals surface area contributed by atoms with Gasteiger partial charge in [-0.05, 0) is 273 Å². The summed E-state index contributed by atoms with van der Waals surface area (Å²) in [5, 5.41) is 5.02. The van der Waals surface area contributed by atoms with Crippen LogP contribution in [0.3, 0.4) is 0 Å². The van der Waals surface area contributed by atoms with Gasteiger partial charge in [0.25, 0.3) is 0 Å². The monoisotopic (exact) mass is 1060 g/mol. The van der Waals surface area contributed by atoms with Crippen LogP contribution in [-0.2, 0) is 10.8 Å². The molecule has 0 radical (unpaired) electrons. The molecule has 11 aromatic carbocycles. The first-order valence-corrected chi connectivity index (χ1v) is 29.2.